The lowest BCUT2D eigenvalue weighted by Gasteiger charge is -2.30. The van der Waals surface area contributed by atoms with Gasteiger partial charge >= 0.3 is 0 Å². The summed E-state index contributed by atoms with van der Waals surface area (Å²) in [5.74, 6) is -0.931. The van der Waals surface area contributed by atoms with Crippen LogP contribution in [-0.2, 0) is 28.0 Å². The highest BCUT2D eigenvalue weighted by Crippen LogP contribution is 2.32. The zero-order valence-electron chi connectivity index (χ0n) is 27.1. The summed E-state index contributed by atoms with van der Waals surface area (Å²) in [5, 5.41) is 17.7. The third-order valence-corrected chi connectivity index (χ3v) is 9.77. The Balaban J connectivity index is 1.42. The number of aliphatic hydroxyl groups excluding tert-OH is 1. The molecule has 12 nitrogen and oxygen atoms in total. The summed E-state index contributed by atoms with van der Waals surface area (Å²) in [6.07, 6.45) is -0.692. The molecule has 4 atom stereocenters. The molecule has 0 saturated carbocycles. The SMILES string of the molecule is Cc1cc(C(C(=O)N2C[C@H](O)C[C@H]2C(=O)N[C@@H](COCCOCCOCCOSI)c2ccc(-c3scnc3C)cc2)C(C)C)on1. The van der Waals surface area contributed by atoms with Crippen molar-refractivity contribution in [2.24, 2.45) is 5.92 Å². The number of aryl methyl sites for hydroxylation is 2. The van der Waals surface area contributed by atoms with E-state index in [1.165, 1.54) is 14.1 Å². The van der Waals surface area contributed by atoms with E-state index in [0.29, 0.717) is 51.1 Å². The van der Waals surface area contributed by atoms with Crippen LogP contribution < -0.4 is 5.32 Å². The maximum absolute atomic E-state index is 13.9. The van der Waals surface area contributed by atoms with Crippen LogP contribution in [0.2, 0.25) is 0 Å². The summed E-state index contributed by atoms with van der Waals surface area (Å²) in [6.45, 7) is 10.4. The molecule has 0 radical (unpaired) electrons. The fourth-order valence-corrected chi connectivity index (χ4v) is 6.93. The number of aromatic nitrogens is 2. The van der Waals surface area contributed by atoms with Gasteiger partial charge in [0.15, 0.2) is 0 Å². The van der Waals surface area contributed by atoms with Crippen LogP contribution in [0.3, 0.4) is 0 Å². The fourth-order valence-electron chi connectivity index (χ4n) is 5.45. The number of carbonyl (C=O) groups excluding carboxylic acids is 2. The molecule has 0 bridgehead atoms. The first kappa shape index (κ1) is 37.7. The smallest absolute Gasteiger partial charge is 0.243 e. The van der Waals surface area contributed by atoms with Crippen molar-refractivity contribution >= 4 is 53.6 Å². The molecule has 47 heavy (non-hydrogen) atoms. The van der Waals surface area contributed by atoms with Gasteiger partial charge < -0.3 is 38.2 Å². The summed E-state index contributed by atoms with van der Waals surface area (Å²) in [7, 11) is 1.27. The number of ether oxygens (including phenoxy) is 3. The number of rotatable bonds is 19. The number of halogens is 1. The molecule has 1 aliphatic heterocycles. The van der Waals surface area contributed by atoms with Crippen molar-refractivity contribution in [3.63, 3.8) is 0 Å². The average Bonchev–Trinajstić information content (AvgIpc) is 3.78. The number of nitrogens with zero attached hydrogens (tertiary/aromatic N) is 3. The van der Waals surface area contributed by atoms with E-state index in [2.05, 4.69) is 36.7 Å². The van der Waals surface area contributed by atoms with Gasteiger partial charge in [-0.3, -0.25) is 9.59 Å². The molecule has 2 amide bonds. The van der Waals surface area contributed by atoms with Crippen LogP contribution in [0.5, 0.6) is 0 Å². The topological polar surface area (TPSA) is 145 Å². The molecule has 0 spiro atoms. The van der Waals surface area contributed by atoms with Crippen LogP contribution in [0.4, 0.5) is 0 Å². The van der Waals surface area contributed by atoms with E-state index in [0.717, 1.165) is 21.7 Å². The van der Waals surface area contributed by atoms with E-state index in [1.807, 2.05) is 50.5 Å². The Morgan fingerprint density at radius 2 is 1.79 bits per heavy atom. The highest BCUT2D eigenvalue weighted by molar-refractivity contribution is 14.2. The van der Waals surface area contributed by atoms with Gasteiger partial charge in [-0.05, 0) is 30.9 Å². The third kappa shape index (κ3) is 10.9. The van der Waals surface area contributed by atoms with E-state index in [1.54, 1.807) is 24.3 Å². The van der Waals surface area contributed by atoms with Gasteiger partial charge in [0.05, 0.1) is 89.4 Å². The molecule has 1 saturated heterocycles. The molecule has 1 aromatic carbocycles. The number of hydrogen-bond donors (Lipinski definition) is 2. The monoisotopic (exact) mass is 802 g/mol. The summed E-state index contributed by atoms with van der Waals surface area (Å²) in [6, 6.07) is 8.31. The molecular weight excluding hydrogens is 759 g/mol. The highest BCUT2D eigenvalue weighted by Gasteiger charge is 2.43. The Bertz CT molecular complexity index is 1410. The minimum Gasteiger partial charge on any atom is -0.391 e. The molecular formula is C32H43IN4O8S2. The fraction of sp³-hybridized carbons (Fsp3) is 0.562. The van der Waals surface area contributed by atoms with Crippen molar-refractivity contribution in [1.82, 2.24) is 20.4 Å². The predicted molar refractivity (Wildman–Crippen MR) is 188 cm³/mol. The standard InChI is InChI=1S/C32H43IN4O8S2/c1-20(2)29(28-15-21(3)36-45-28)32(40)37-17-25(38)16-27(37)31(39)35-26(18-43-12-11-41-9-10-42-13-14-44-47-33)23-5-7-24(8-6-23)30-22(4)34-19-46-30/h5-8,15,19-20,25-27,29,38H,9-14,16-18H2,1-4H3,(H,35,39)/t25-,26+,27+,29?/m1/s1. The van der Waals surface area contributed by atoms with Gasteiger partial charge in [0.1, 0.15) is 17.7 Å². The quantitative estimate of drug-likeness (QED) is 0.0956. The molecule has 15 heteroatoms. The Kier molecular flexibility index (Phi) is 15.4. The number of likely N-dealkylation sites (tertiary alicyclic amines) is 1. The van der Waals surface area contributed by atoms with Crippen molar-refractivity contribution < 1.29 is 37.6 Å². The molecule has 3 aromatic rings. The molecule has 2 aromatic heterocycles. The lowest BCUT2D eigenvalue weighted by Crippen LogP contribution is -2.49. The lowest BCUT2D eigenvalue weighted by atomic mass is 9.91. The van der Waals surface area contributed by atoms with Gasteiger partial charge in [-0.25, -0.2) is 4.98 Å². The number of thiazole rings is 1. The van der Waals surface area contributed by atoms with Crippen molar-refractivity contribution in [2.75, 3.05) is 52.8 Å². The third-order valence-electron chi connectivity index (χ3n) is 7.77. The molecule has 2 N–H and O–H groups in total. The van der Waals surface area contributed by atoms with E-state index >= 15 is 0 Å². The van der Waals surface area contributed by atoms with Gasteiger partial charge in [-0.2, -0.15) is 0 Å². The average molecular weight is 803 g/mol. The van der Waals surface area contributed by atoms with Crippen LogP contribution in [0.25, 0.3) is 10.4 Å². The Morgan fingerprint density at radius 1 is 1.11 bits per heavy atom. The normalized spacial score (nSPS) is 17.7. The molecule has 258 valence electrons. The van der Waals surface area contributed by atoms with Crippen LogP contribution in [0.15, 0.2) is 40.4 Å². The minimum absolute atomic E-state index is 0.0582. The maximum atomic E-state index is 13.9. The number of amides is 2. The molecule has 4 rings (SSSR count). The first-order valence-corrected chi connectivity index (χ1v) is 19.7. The van der Waals surface area contributed by atoms with Crippen molar-refractivity contribution in [2.45, 2.75) is 58.2 Å². The first-order chi connectivity index (χ1) is 22.7. The summed E-state index contributed by atoms with van der Waals surface area (Å²) < 4.78 is 27.6. The van der Waals surface area contributed by atoms with E-state index in [4.69, 9.17) is 22.9 Å². The molecule has 1 aliphatic rings. The Hall–Kier alpha value is -2.12. The van der Waals surface area contributed by atoms with Crippen LogP contribution >= 0.6 is 41.8 Å². The second-order valence-electron chi connectivity index (χ2n) is 11.6. The van der Waals surface area contributed by atoms with Gasteiger partial charge in [0.2, 0.25) is 11.8 Å². The van der Waals surface area contributed by atoms with Gasteiger partial charge in [-0.1, -0.05) is 43.3 Å². The first-order valence-electron chi connectivity index (χ1n) is 15.6. The van der Waals surface area contributed by atoms with Crippen LogP contribution in [-0.4, -0.2) is 96.9 Å². The van der Waals surface area contributed by atoms with Crippen molar-refractivity contribution in [3.8, 4) is 10.4 Å². The summed E-state index contributed by atoms with van der Waals surface area (Å²) in [4.78, 5) is 34.6. The maximum Gasteiger partial charge on any atom is 0.243 e. The van der Waals surface area contributed by atoms with Crippen LogP contribution in [0, 0.1) is 19.8 Å². The second-order valence-corrected chi connectivity index (χ2v) is 13.9. The van der Waals surface area contributed by atoms with Gasteiger partial charge in [0.25, 0.3) is 0 Å². The number of aliphatic hydroxyl groups is 1. The Labute approximate surface area is 296 Å². The Morgan fingerprint density at radius 3 is 2.38 bits per heavy atom. The molecule has 0 aliphatic carbocycles. The largest absolute Gasteiger partial charge is 0.391 e. The lowest BCUT2D eigenvalue weighted by molar-refractivity contribution is -0.141. The molecule has 1 fully saturated rings. The van der Waals surface area contributed by atoms with E-state index in [-0.39, 0.29) is 37.3 Å². The zero-order valence-corrected chi connectivity index (χ0v) is 30.8. The number of benzene rings is 1. The van der Waals surface area contributed by atoms with Crippen molar-refractivity contribution in [1.29, 1.82) is 0 Å². The van der Waals surface area contributed by atoms with Gasteiger partial charge in [0, 0.05) is 40.2 Å². The number of hydrogen-bond acceptors (Lipinski definition) is 12. The number of β-amino-alcohol motifs (C(OH)–C–C–N with tert-alkyl or cyclic N) is 1. The zero-order chi connectivity index (χ0) is 33.8. The summed E-state index contributed by atoms with van der Waals surface area (Å²) >= 11 is 3.63. The summed E-state index contributed by atoms with van der Waals surface area (Å²) in [5.41, 5.74) is 5.33. The number of carbonyl (C=O) groups is 2. The molecule has 3 heterocycles. The van der Waals surface area contributed by atoms with Crippen LogP contribution in [0.1, 0.15) is 54.9 Å². The number of nitrogens with one attached hydrogen (secondary N) is 1. The minimum atomic E-state index is -0.853. The highest BCUT2D eigenvalue weighted by atomic mass is 127. The molecule has 1 unspecified atom stereocenters. The van der Waals surface area contributed by atoms with E-state index < -0.39 is 24.1 Å². The van der Waals surface area contributed by atoms with Gasteiger partial charge in [-0.15, -0.1) is 11.3 Å². The predicted octanol–water partition coefficient (Wildman–Crippen LogP) is 5.04. The van der Waals surface area contributed by atoms with E-state index in [9.17, 15) is 14.7 Å². The second kappa shape index (κ2) is 19.2. The van der Waals surface area contributed by atoms with Crippen molar-refractivity contribution in [3.05, 3.63) is 58.6 Å².